The number of hydrogen-bond donors (Lipinski definition) is 2. The van der Waals surface area contributed by atoms with Crippen LogP contribution in [0.4, 0.5) is 0 Å². The zero-order valence-electron chi connectivity index (χ0n) is 15.5. The Morgan fingerprint density at radius 1 is 1.25 bits per heavy atom. The maximum absolute atomic E-state index is 12.7. The molecule has 0 aliphatic carbocycles. The molecule has 3 rings (SSSR count). The van der Waals surface area contributed by atoms with Crippen molar-refractivity contribution in [1.82, 2.24) is 10.4 Å². The zero-order chi connectivity index (χ0) is 17.9. The van der Waals surface area contributed by atoms with Gasteiger partial charge in [0, 0.05) is 19.0 Å². The predicted molar refractivity (Wildman–Crippen MR) is 99.1 cm³/mol. The van der Waals surface area contributed by atoms with Gasteiger partial charge in [0.25, 0.3) is 0 Å². The van der Waals surface area contributed by atoms with E-state index in [4.69, 9.17) is 17.4 Å². The molecule has 24 heavy (non-hydrogen) atoms. The first-order valence-electron chi connectivity index (χ1n) is 8.78. The van der Waals surface area contributed by atoms with Crippen LogP contribution >= 0.6 is 12.6 Å². The molecule has 2 unspecified atom stereocenters. The Morgan fingerprint density at radius 3 is 2.42 bits per heavy atom. The van der Waals surface area contributed by atoms with Crippen LogP contribution in [0.3, 0.4) is 0 Å². The summed E-state index contributed by atoms with van der Waals surface area (Å²) in [6.07, 6.45) is 0.929. The van der Waals surface area contributed by atoms with Crippen LogP contribution in [-0.2, 0) is 22.7 Å². The molecule has 4 nitrogen and oxygen atoms in total. The van der Waals surface area contributed by atoms with Gasteiger partial charge in [0.05, 0.1) is 16.3 Å². The van der Waals surface area contributed by atoms with E-state index in [0.29, 0.717) is 6.04 Å². The van der Waals surface area contributed by atoms with Crippen molar-refractivity contribution in [2.75, 3.05) is 6.54 Å². The lowest BCUT2D eigenvalue weighted by molar-refractivity contribution is -0.266. The van der Waals surface area contributed by atoms with E-state index < -0.39 is 11.1 Å². The van der Waals surface area contributed by atoms with Gasteiger partial charge in [-0.15, -0.1) is 10.3 Å². The van der Waals surface area contributed by atoms with Crippen LogP contribution in [0.2, 0.25) is 0 Å². The van der Waals surface area contributed by atoms with E-state index in [1.165, 1.54) is 10.6 Å². The normalized spacial score (nSPS) is 25.5. The molecule has 1 aromatic carbocycles. The van der Waals surface area contributed by atoms with Crippen molar-refractivity contribution in [3.63, 3.8) is 0 Å². The molecule has 1 aromatic rings. The van der Waals surface area contributed by atoms with Crippen molar-refractivity contribution in [2.45, 2.75) is 76.4 Å². The largest absolute Gasteiger partial charge is 0.489 e. The Labute approximate surface area is 150 Å². The first-order chi connectivity index (χ1) is 11.0. The van der Waals surface area contributed by atoms with Crippen molar-refractivity contribution < 1.29 is 9.94 Å². The number of nitrogens with one attached hydrogen (secondary N) is 1. The third kappa shape index (κ3) is 2.75. The molecule has 2 atom stereocenters. The lowest BCUT2D eigenvalue weighted by Gasteiger charge is -2.32. The number of benzene rings is 1. The second-order valence-electron chi connectivity index (χ2n) is 8.41. The Kier molecular flexibility index (Phi) is 4.44. The highest BCUT2D eigenvalue weighted by atomic mass is 32.1. The maximum atomic E-state index is 12.7. The second kappa shape index (κ2) is 5.90. The van der Waals surface area contributed by atoms with Gasteiger partial charge in [0.1, 0.15) is 11.9 Å². The standard InChI is InChI=1S/C19H29N2O2S/c1-11(2)20-10-17(24)16-8-12-7-13-14(9-15(12)23-16)19(5,6)21(22)18(13,3)4/h7,9,11,16-17,20,24H,8,10H2,1-6H3. The van der Waals surface area contributed by atoms with Gasteiger partial charge in [-0.05, 0) is 56.5 Å². The summed E-state index contributed by atoms with van der Waals surface area (Å²) in [5, 5.41) is 17.5. The van der Waals surface area contributed by atoms with Crippen LogP contribution in [0.25, 0.3) is 0 Å². The third-order valence-corrected chi connectivity index (χ3v) is 5.91. The molecule has 0 aromatic heterocycles. The molecule has 0 spiro atoms. The molecule has 0 bridgehead atoms. The number of rotatable bonds is 4. The Bertz CT molecular complexity index is 597. The van der Waals surface area contributed by atoms with E-state index in [-0.39, 0.29) is 11.4 Å². The molecular weight excluding hydrogens is 320 g/mol. The van der Waals surface area contributed by atoms with Crippen LogP contribution in [0.1, 0.15) is 58.2 Å². The molecule has 0 amide bonds. The van der Waals surface area contributed by atoms with Gasteiger partial charge in [-0.3, -0.25) is 0 Å². The first kappa shape index (κ1) is 18.1. The SMILES string of the molecule is CC(C)NCC(S)C1Cc2cc3c(cc2O1)C(C)(C)N([O])C3(C)C. The number of hydroxylamine groups is 2. The van der Waals surface area contributed by atoms with Crippen molar-refractivity contribution in [2.24, 2.45) is 0 Å². The Morgan fingerprint density at radius 2 is 1.83 bits per heavy atom. The zero-order valence-corrected chi connectivity index (χ0v) is 16.4. The minimum atomic E-state index is -0.533. The molecule has 0 fully saturated rings. The van der Waals surface area contributed by atoms with E-state index in [2.05, 4.69) is 31.3 Å². The number of ether oxygens (including phenoxy) is 1. The smallest absolute Gasteiger partial charge is 0.123 e. The molecule has 2 heterocycles. The van der Waals surface area contributed by atoms with Crippen molar-refractivity contribution in [1.29, 1.82) is 0 Å². The van der Waals surface area contributed by atoms with Crippen molar-refractivity contribution in [3.05, 3.63) is 28.8 Å². The lowest BCUT2D eigenvalue weighted by atomic mass is 9.88. The second-order valence-corrected chi connectivity index (χ2v) is 9.07. The number of nitrogens with zero attached hydrogens (tertiary/aromatic N) is 1. The summed E-state index contributed by atoms with van der Waals surface area (Å²) in [6, 6.07) is 4.71. The minimum Gasteiger partial charge on any atom is -0.489 e. The highest BCUT2D eigenvalue weighted by Crippen LogP contribution is 2.51. The molecule has 133 valence electrons. The maximum Gasteiger partial charge on any atom is 0.123 e. The van der Waals surface area contributed by atoms with Crippen LogP contribution < -0.4 is 10.1 Å². The molecule has 1 N–H and O–H groups in total. The van der Waals surface area contributed by atoms with Crippen LogP contribution in [0.5, 0.6) is 5.75 Å². The molecular formula is C19H29N2O2S. The molecule has 1 radical (unpaired) electrons. The fourth-order valence-electron chi connectivity index (χ4n) is 3.95. The van der Waals surface area contributed by atoms with E-state index >= 15 is 0 Å². The van der Waals surface area contributed by atoms with E-state index in [1.54, 1.807) is 0 Å². The van der Waals surface area contributed by atoms with Gasteiger partial charge in [0.2, 0.25) is 0 Å². The van der Waals surface area contributed by atoms with Gasteiger partial charge in [0.15, 0.2) is 0 Å². The van der Waals surface area contributed by atoms with E-state index in [9.17, 15) is 5.21 Å². The fraction of sp³-hybridized carbons (Fsp3) is 0.684. The Balaban J connectivity index is 1.86. The van der Waals surface area contributed by atoms with Gasteiger partial charge in [-0.2, -0.15) is 12.6 Å². The van der Waals surface area contributed by atoms with E-state index in [1.807, 2.05) is 27.7 Å². The summed E-state index contributed by atoms with van der Waals surface area (Å²) >= 11 is 4.73. The van der Waals surface area contributed by atoms with Crippen molar-refractivity contribution in [3.8, 4) is 5.75 Å². The minimum absolute atomic E-state index is 0.0756. The number of thiol groups is 1. The summed E-state index contributed by atoms with van der Waals surface area (Å²) < 4.78 is 6.19. The highest BCUT2D eigenvalue weighted by molar-refractivity contribution is 7.81. The average molecular weight is 350 g/mol. The Hall–Kier alpha value is -0.750. The highest BCUT2D eigenvalue weighted by Gasteiger charge is 2.51. The van der Waals surface area contributed by atoms with Gasteiger partial charge >= 0.3 is 0 Å². The topological polar surface area (TPSA) is 44.4 Å². The van der Waals surface area contributed by atoms with Crippen LogP contribution in [0.15, 0.2) is 12.1 Å². The molecule has 2 aliphatic heterocycles. The quantitative estimate of drug-likeness (QED) is 0.819. The summed E-state index contributed by atoms with van der Waals surface area (Å²) in [7, 11) is 0. The molecule has 5 heteroatoms. The monoisotopic (exact) mass is 349 g/mol. The molecule has 0 saturated carbocycles. The third-order valence-electron chi connectivity index (χ3n) is 5.40. The van der Waals surface area contributed by atoms with E-state index in [0.717, 1.165) is 29.8 Å². The lowest BCUT2D eigenvalue weighted by Crippen LogP contribution is -2.41. The summed E-state index contributed by atoms with van der Waals surface area (Å²) in [5.74, 6) is 0.918. The van der Waals surface area contributed by atoms with Gasteiger partial charge in [-0.25, -0.2) is 0 Å². The van der Waals surface area contributed by atoms with Gasteiger partial charge in [-0.1, -0.05) is 13.8 Å². The fourth-order valence-corrected chi connectivity index (χ4v) is 4.22. The summed E-state index contributed by atoms with van der Waals surface area (Å²) in [6.45, 7) is 13.1. The first-order valence-corrected chi connectivity index (χ1v) is 9.30. The molecule has 2 aliphatic rings. The average Bonchev–Trinajstić information content (AvgIpc) is 2.97. The summed E-state index contributed by atoms with van der Waals surface area (Å²) in [5.41, 5.74) is 2.36. The number of hydrogen-bond acceptors (Lipinski definition) is 4. The van der Waals surface area contributed by atoms with Crippen LogP contribution in [0, 0.1) is 0 Å². The number of fused-ring (bicyclic) bond motifs is 2. The summed E-state index contributed by atoms with van der Waals surface area (Å²) in [4.78, 5) is 0. The molecule has 0 saturated heterocycles. The van der Waals surface area contributed by atoms with Crippen LogP contribution in [-0.4, -0.2) is 29.0 Å². The van der Waals surface area contributed by atoms with Gasteiger partial charge < -0.3 is 10.1 Å². The predicted octanol–water partition coefficient (Wildman–Crippen LogP) is 3.42. The van der Waals surface area contributed by atoms with Crippen molar-refractivity contribution >= 4 is 12.6 Å².